The minimum Gasteiger partial charge on any atom is -0.398 e. The number of nitrogens with two attached hydrogens (primary N) is 1. The van der Waals surface area contributed by atoms with Crippen LogP contribution < -0.4 is 5.73 Å². The first-order valence-electron chi connectivity index (χ1n) is 6.38. The number of benzene rings is 1. The normalized spacial score (nSPS) is 22.3. The average molecular weight is 303 g/mol. The van der Waals surface area contributed by atoms with Crippen LogP contribution in [0.2, 0.25) is 5.02 Å². The molecule has 1 aliphatic rings. The predicted octanol–water partition coefficient (Wildman–Crippen LogP) is 1.75. The highest BCUT2D eigenvalue weighted by atomic mass is 35.5. The van der Waals surface area contributed by atoms with Gasteiger partial charge in [-0.2, -0.15) is 0 Å². The third kappa shape index (κ3) is 3.69. The smallest absolute Gasteiger partial charge is 0.0821 e. The molecule has 0 spiro atoms. The van der Waals surface area contributed by atoms with Crippen molar-refractivity contribution in [3.63, 3.8) is 0 Å². The fourth-order valence-corrected chi connectivity index (χ4v) is 3.95. The summed E-state index contributed by atoms with van der Waals surface area (Å²) in [7, 11) is -1.23. The molecule has 19 heavy (non-hydrogen) atoms. The van der Waals surface area contributed by atoms with E-state index in [1.54, 1.807) is 18.2 Å². The summed E-state index contributed by atoms with van der Waals surface area (Å²) in [5, 5.41) is 0.460. The average Bonchev–Trinajstić information content (AvgIpc) is 2.38. The quantitative estimate of drug-likeness (QED) is 0.861. The van der Waals surface area contributed by atoms with Crippen molar-refractivity contribution in [3.8, 4) is 0 Å². The molecule has 2 rings (SSSR count). The molecule has 1 saturated heterocycles. The van der Waals surface area contributed by atoms with Crippen molar-refractivity contribution in [1.29, 1.82) is 0 Å². The van der Waals surface area contributed by atoms with Crippen molar-refractivity contribution >= 4 is 28.1 Å². The number of hydrogen-bond acceptors (Lipinski definition) is 4. The van der Waals surface area contributed by atoms with Crippen LogP contribution in [0.5, 0.6) is 0 Å². The molecule has 0 radical (unpaired) electrons. The molecular weight excluding hydrogens is 284 g/mol. The summed E-state index contributed by atoms with van der Waals surface area (Å²) in [5.74, 6) is 0.435. The molecule has 4 nitrogen and oxygen atoms in total. The standard InChI is InChI=1S/C13H19ClN2O2S/c1-2-16-6-7-18-10(8-16)9-19(17)13-11(14)4-3-5-12(13)15/h3-5,10H,2,6-9,15H2,1H3. The topological polar surface area (TPSA) is 55.6 Å². The number of morpholine rings is 1. The first kappa shape index (κ1) is 14.8. The third-order valence-electron chi connectivity index (χ3n) is 3.23. The molecule has 106 valence electrons. The van der Waals surface area contributed by atoms with Gasteiger partial charge in [-0.15, -0.1) is 0 Å². The van der Waals surface area contributed by atoms with Crippen LogP contribution in [0.15, 0.2) is 23.1 Å². The summed E-state index contributed by atoms with van der Waals surface area (Å²) in [6.07, 6.45) is -0.0230. The van der Waals surface area contributed by atoms with E-state index in [-0.39, 0.29) is 6.10 Å². The predicted molar refractivity (Wildman–Crippen MR) is 79.0 cm³/mol. The lowest BCUT2D eigenvalue weighted by Gasteiger charge is -2.31. The Morgan fingerprint density at radius 2 is 2.37 bits per heavy atom. The van der Waals surface area contributed by atoms with Crippen LogP contribution in [0.3, 0.4) is 0 Å². The van der Waals surface area contributed by atoms with Crippen LogP contribution in [0, 0.1) is 0 Å². The first-order valence-corrected chi connectivity index (χ1v) is 8.07. The van der Waals surface area contributed by atoms with Gasteiger partial charge in [-0.25, -0.2) is 0 Å². The molecule has 0 aliphatic carbocycles. The maximum absolute atomic E-state index is 12.4. The molecule has 6 heteroatoms. The number of ether oxygens (including phenoxy) is 1. The maximum Gasteiger partial charge on any atom is 0.0821 e. The number of nitrogens with zero attached hydrogens (tertiary/aromatic N) is 1. The Labute approximate surface area is 121 Å². The van der Waals surface area contributed by atoms with Gasteiger partial charge >= 0.3 is 0 Å². The summed E-state index contributed by atoms with van der Waals surface area (Å²) < 4.78 is 18.1. The van der Waals surface area contributed by atoms with Gasteiger partial charge in [-0.05, 0) is 18.7 Å². The maximum atomic E-state index is 12.4. The minimum absolute atomic E-state index is 0.0230. The van der Waals surface area contributed by atoms with E-state index < -0.39 is 10.8 Å². The van der Waals surface area contributed by atoms with Gasteiger partial charge in [0.2, 0.25) is 0 Å². The van der Waals surface area contributed by atoms with Gasteiger partial charge < -0.3 is 10.5 Å². The molecule has 1 aromatic rings. The number of likely N-dealkylation sites (N-methyl/N-ethyl adjacent to an activating group) is 1. The molecule has 2 atom stereocenters. The minimum atomic E-state index is -1.23. The fourth-order valence-electron chi connectivity index (χ4n) is 2.19. The highest BCUT2D eigenvalue weighted by molar-refractivity contribution is 7.85. The zero-order chi connectivity index (χ0) is 13.8. The van der Waals surface area contributed by atoms with Gasteiger partial charge in [0.15, 0.2) is 0 Å². The van der Waals surface area contributed by atoms with E-state index in [1.165, 1.54) is 0 Å². The monoisotopic (exact) mass is 302 g/mol. The molecule has 0 aromatic heterocycles. The van der Waals surface area contributed by atoms with Gasteiger partial charge in [-0.1, -0.05) is 24.6 Å². The Bertz CT molecular complexity index is 450. The molecule has 0 bridgehead atoms. The van der Waals surface area contributed by atoms with Crippen LogP contribution in [-0.2, 0) is 15.5 Å². The molecule has 1 aliphatic heterocycles. The molecular formula is C13H19ClN2O2S. The lowest BCUT2D eigenvalue weighted by Crippen LogP contribution is -2.44. The summed E-state index contributed by atoms with van der Waals surface area (Å²) >= 11 is 6.07. The third-order valence-corrected chi connectivity index (χ3v) is 5.25. The van der Waals surface area contributed by atoms with Crippen molar-refractivity contribution in [2.24, 2.45) is 0 Å². The van der Waals surface area contributed by atoms with Gasteiger partial charge in [0, 0.05) is 18.8 Å². The fraction of sp³-hybridized carbons (Fsp3) is 0.538. The van der Waals surface area contributed by atoms with Crippen LogP contribution in [-0.4, -0.2) is 47.2 Å². The van der Waals surface area contributed by atoms with Gasteiger partial charge in [0.05, 0.1) is 39.2 Å². The number of hydrogen-bond donors (Lipinski definition) is 1. The number of halogens is 1. The molecule has 1 aromatic carbocycles. The number of nitrogen functional groups attached to an aromatic ring is 1. The molecule has 2 unspecified atom stereocenters. The Kier molecular flexibility index (Phi) is 5.21. The second kappa shape index (κ2) is 6.70. The Morgan fingerprint density at radius 3 is 3.05 bits per heavy atom. The van der Waals surface area contributed by atoms with Crippen LogP contribution in [0.1, 0.15) is 6.92 Å². The highest BCUT2D eigenvalue weighted by Gasteiger charge is 2.23. The molecule has 1 heterocycles. The Balaban J connectivity index is 2.05. The molecule has 1 fully saturated rings. The van der Waals surface area contributed by atoms with Crippen molar-refractivity contribution < 1.29 is 8.95 Å². The van der Waals surface area contributed by atoms with Crippen molar-refractivity contribution in [1.82, 2.24) is 4.90 Å². The SMILES string of the molecule is CCN1CCOC(CS(=O)c2c(N)cccc2Cl)C1. The van der Waals surface area contributed by atoms with Crippen molar-refractivity contribution in [2.45, 2.75) is 17.9 Å². The summed E-state index contributed by atoms with van der Waals surface area (Å²) in [6, 6.07) is 5.19. The van der Waals surface area contributed by atoms with Gasteiger partial charge in [0.1, 0.15) is 0 Å². The molecule has 0 saturated carbocycles. The van der Waals surface area contributed by atoms with Crippen LogP contribution in [0.4, 0.5) is 5.69 Å². The molecule has 2 N–H and O–H groups in total. The van der Waals surface area contributed by atoms with E-state index >= 15 is 0 Å². The lowest BCUT2D eigenvalue weighted by atomic mass is 10.3. The van der Waals surface area contributed by atoms with Crippen LogP contribution >= 0.6 is 11.6 Å². The second-order valence-corrected chi connectivity index (χ2v) is 6.40. The summed E-state index contributed by atoms with van der Waals surface area (Å²) in [5.41, 5.74) is 6.33. The van der Waals surface area contributed by atoms with Crippen molar-refractivity contribution in [2.75, 3.05) is 37.7 Å². The van der Waals surface area contributed by atoms with Crippen LogP contribution in [0.25, 0.3) is 0 Å². The van der Waals surface area contributed by atoms with Gasteiger partial charge in [0.25, 0.3) is 0 Å². The van der Waals surface area contributed by atoms with E-state index in [2.05, 4.69) is 11.8 Å². The summed E-state index contributed by atoms with van der Waals surface area (Å²) in [6.45, 7) is 5.54. The molecule has 0 amide bonds. The Hall–Kier alpha value is -0.620. The van der Waals surface area contributed by atoms with E-state index in [9.17, 15) is 4.21 Å². The second-order valence-electron chi connectivity index (χ2n) is 4.56. The number of rotatable bonds is 4. The van der Waals surface area contributed by atoms with E-state index in [1.807, 2.05) is 0 Å². The zero-order valence-electron chi connectivity index (χ0n) is 11.0. The zero-order valence-corrected chi connectivity index (χ0v) is 12.5. The lowest BCUT2D eigenvalue weighted by molar-refractivity contribution is -0.0141. The number of anilines is 1. The summed E-state index contributed by atoms with van der Waals surface area (Å²) in [4.78, 5) is 2.82. The Morgan fingerprint density at radius 1 is 1.58 bits per heavy atom. The first-order chi connectivity index (χ1) is 9.11. The van der Waals surface area contributed by atoms with Crippen molar-refractivity contribution in [3.05, 3.63) is 23.2 Å². The van der Waals surface area contributed by atoms with E-state index in [0.29, 0.717) is 28.0 Å². The van der Waals surface area contributed by atoms with E-state index in [4.69, 9.17) is 22.1 Å². The largest absolute Gasteiger partial charge is 0.398 e. The van der Waals surface area contributed by atoms with E-state index in [0.717, 1.165) is 19.6 Å². The highest BCUT2D eigenvalue weighted by Crippen LogP contribution is 2.26. The van der Waals surface area contributed by atoms with Gasteiger partial charge in [-0.3, -0.25) is 9.11 Å².